The van der Waals surface area contributed by atoms with E-state index in [0.717, 1.165) is 13.0 Å². The highest BCUT2D eigenvalue weighted by atomic mass is 19.4. The minimum atomic E-state index is -4.52. The van der Waals surface area contributed by atoms with E-state index in [9.17, 15) is 13.2 Å². The highest BCUT2D eigenvalue weighted by Crippen LogP contribution is 2.20. The Morgan fingerprint density at radius 1 is 1.19 bits per heavy atom. The maximum atomic E-state index is 12.1. The van der Waals surface area contributed by atoms with Crippen LogP contribution in [0.1, 0.15) is 13.3 Å². The molecule has 0 rings (SSSR count). The molecular weight excluding hydrogens is 221 g/mol. The summed E-state index contributed by atoms with van der Waals surface area (Å²) < 4.78 is 36.3. The third-order valence-corrected chi connectivity index (χ3v) is 2.34. The van der Waals surface area contributed by atoms with Gasteiger partial charge in [0.25, 0.3) is 0 Å². The molecule has 6 heteroatoms. The van der Waals surface area contributed by atoms with Crippen molar-refractivity contribution in [2.45, 2.75) is 25.6 Å². The number of rotatable bonds is 7. The van der Waals surface area contributed by atoms with E-state index in [1.165, 1.54) is 0 Å². The number of likely N-dealkylation sites (N-methyl/N-ethyl adjacent to an activating group) is 1. The molecular formula is C10H21F3N2O. The van der Waals surface area contributed by atoms with Crippen LogP contribution in [0.3, 0.4) is 0 Å². The quantitative estimate of drug-likeness (QED) is 0.726. The molecule has 98 valence electrons. The van der Waals surface area contributed by atoms with E-state index in [1.807, 2.05) is 19.0 Å². The van der Waals surface area contributed by atoms with Gasteiger partial charge in [-0.25, -0.2) is 0 Å². The first kappa shape index (κ1) is 15.7. The van der Waals surface area contributed by atoms with Gasteiger partial charge in [-0.3, -0.25) is 0 Å². The predicted octanol–water partition coefficient (Wildman–Crippen LogP) is 1.18. The zero-order chi connectivity index (χ0) is 12.8. The van der Waals surface area contributed by atoms with Crippen LogP contribution < -0.4 is 0 Å². The van der Waals surface area contributed by atoms with Crippen molar-refractivity contribution in [1.82, 2.24) is 9.80 Å². The molecule has 0 amide bonds. The van der Waals surface area contributed by atoms with E-state index < -0.39 is 12.3 Å². The van der Waals surface area contributed by atoms with Crippen LogP contribution in [0, 0.1) is 0 Å². The SMILES string of the molecule is CCN(CCCN(C)C)CC(O)C(F)(F)F. The largest absolute Gasteiger partial charge is 0.415 e. The Balaban J connectivity index is 3.91. The molecule has 0 bridgehead atoms. The molecule has 0 heterocycles. The maximum Gasteiger partial charge on any atom is 0.415 e. The molecule has 0 radical (unpaired) electrons. The molecule has 16 heavy (non-hydrogen) atoms. The maximum absolute atomic E-state index is 12.1. The number of alkyl halides is 3. The number of halogens is 3. The molecule has 0 saturated carbocycles. The van der Waals surface area contributed by atoms with Crippen LogP contribution in [-0.4, -0.2) is 67.5 Å². The third kappa shape index (κ3) is 7.03. The molecule has 0 fully saturated rings. The summed E-state index contributed by atoms with van der Waals surface area (Å²) >= 11 is 0. The molecule has 0 aromatic carbocycles. The Kier molecular flexibility index (Phi) is 6.94. The minimum absolute atomic E-state index is 0.340. The number of aliphatic hydroxyl groups excluding tert-OH is 1. The average molecular weight is 242 g/mol. The summed E-state index contributed by atoms with van der Waals surface area (Å²) in [5, 5.41) is 8.92. The van der Waals surface area contributed by atoms with E-state index in [1.54, 1.807) is 11.8 Å². The summed E-state index contributed by atoms with van der Waals surface area (Å²) in [4.78, 5) is 3.59. The van der Waals surface area contributed by atoms with Gasteiger partial charge in [0.05, 0.1) is 0 Å². The number of nitrogens with zero attached hydrogens (tertiary/aromatic N) is 2. The lowest BCUT2D eigenvalue weighted by atomic mass is 10.3. The van der Waals surface area contributed by atoms with Crippen LogP contribution in [0.15, 0.2) is 0 Å². The fourth-order valence-corrected chi connectivity index (χ4v) is 1.34. The van der Waals surface area contributed by atoms with E-state index in [2.05, 4.69) is 0 Å². The van der Waals surface area contributed by atoms with Gasteiger partial charge in [-0.05, 0) is 40.2 Å². The summed E-state index contributed by atoms with van der Waals surface area (Å²) in [6, 6.07) is 0. The Labute approximate surface area is 94.8 Å². The summed E-state index contributed by atoms with van der Waals surface area (Å²) in [5.74, 6) is 0. The van der Waals surface area contributed by atoms with Crippen molar-refractivity contribution in [2.75, 3.05) is 40.3 Å². The summed E-state index contributed by atoms with van der Waals surface area (Å²) in [6.45, 7) is 3.37. The van der Waals surface area contributed by atoms with Gasteiger partial charge in [0.1, 0.15) is 0 Å². The van der Waals surface area contributed by atoms with E-state index in [4.69, 9.17) is 5.11 Å². The van der Waals surface area contributed by atoms with Crippen molar-refractivity contribution in [2.24, 2.45) is 0 Å². The molecule has 0 aromatic heterocycles. The lowest BCUT2D eigenvalue weighted by Gasteiger charge is -2.25. The van der Waals surface area contributed by atoms with Crippen LogP contribution in [0.4, 0.5) is 13.2 Å². The van der Waals surface area contributed by atoms with E-state index in [0.29, 0.717) is 13.1 Å². The first-order chi connectivity index (χ1) is 7.27. The standard InChI is InChI=1S/C10H21F3N2O/c1-4-15(7-5-6-14(2)3)8-9(16)10(11,12)13/h9,16H,4-8H2,1-3H3. The molecule has 0 aliphatic rings. The van der Waals surface area contributed by atoms with Crippen LogP contribution in [0.5, 0.6) is 0 Å². The summed E-state index contributed by atoms with van der Waals surface area (Å²) in [7, 11) is 3.84. The van der Waals surface area contributed by atoms with Crippen molar-refractivity contribution in [3.63, 3.8) is 0 Å². The molecule has 1 N–H and O–H groups in total. The highest BCUT2D eigenvalue weighted by molar-refractivity contribution is 4.70. The van der Waals surface area contributed by atoms with Crippen LogP contribution in [-0.2, 0) is 0 Å². The van der Waals surface area contributed by atoms with Crippen molar-refractivity contribution in [3.05, 3.63) is 0 Å². The Morgan fingerprint density at radius 2 is 1.75 bits per heavy atom. The van der Waals surface area contributed by atoms with Gasteiger partial charge in [0.2, 0.25) is 0 Å². The van der Waals surface area contributed by atoms with Gasteiger partial charge in [-0.15, -0.1) is 0 Å². The molecule has 3 nitrogen and oxygen atoms in total. The third-order valence-electron chi connectivity index (χ3n) is 2.34. The second-order valence-corrected chi connectivity index (χ2v) is 4.11. The number of hydrogen-bond acceptors (Lipinski definition) is 3. The van der Waals surface area contributed by atoms with Gasteiger partial charge in [0.15, 0.2) is 6.10 Å². The van der Waals surface area contributed by atoms with E-state index in [-0.39, 0.29) is 6.54 Å². The van der Waals surface area contributed by atoms with Crippen LogP contribution >= 0.6 is 0 Å². The van der Waals surface area contributed by atoms with Gasteiger partial charge < -0.3 is 14.9 Å². The Morgan fingerprint density at radius 3 is 2.12 bits per heavy atom. The minimum Gasteiger partial charge on any atom is -0.382 e. The number of hydrogen-bond donors (Lipinski definition) is 1. The molecule has 0 aliphatic carbocycles. The zero-order valence-electron chi connectivity index (χ0n) is 10.1. The smallest absolute Gasteiger partial charge is 0.382 e. The Bertz CT molecular complexity index is 185. The first-order valence-corrected chi connectivity index (χ1v) is 5.39. The average Bonchev–Trinajstić information content (AvgIpc) is 2.13. The lowest BCUT2D eigenvalue weighted by molar-refractivity contribution is -0.208. The fourth-order valence-electron chi connectivity index (χ4n) is 1.34. The molecule has 1 unspecified atom stereocenters. The van der Waals surface area contributed by atoms with Gasteiger partial charge in [-0.1, -0.05) is 6.92 Å². The molecule has 1 atom stereocenters. The second kappa shape index (κ2) is 7.09. The normalized spacial score (nSPS) is 14.8. The Hall–Kier alpha value is -0.330. The van der Waals surface area contributed by atoms with Crippen molar-refractivity contribution in [1.29, 1.82) is 0 Å². The van der Waals surface area contributed by atoms with Gasteiger partial charge >= 0.3 is 6.18 Å². The monoisotopic (exact) mass is 242 g/mol. The summed E-state index contributed by atoms with van der Waals surface area (Å²) in [5.41, 5.74) is 0. The van der Waals surface area contributed by atoms with Crippen LogP contribution in [0.25, 0.3) is 0 Å². The second-order valence-electron chi connectivity index (χ2n) is 4.11. The number of aliphatic hydroxyl groups is 1. The van der Waals surface area contributed by atoms with Crippen LogP contribution in [0.2, 0.25) is 0 Å². The lowest BCUT2D eigenvalue weighted by Crippen LogP contribution is -2.41. The van der Waals surface area contributed by atoms with Gasteiger partial charge in [0, 0.05) is 6.54 Å². The summed E-state index contributed by atoms with van der Waals surface area (Å²) in [6.07, 6.45) is -5.97. The van der Waals surface area contributed by atoms with Crippen molar-refractivity contribution < 1.29 is 18.3 Å². The molecule has 0 spiro atoms. The molecule has 0 aliphatic heterocycles. The van der Waals surface area contributed by atoms with E-state index >= 15 is 0 Å². The topological polar surface area (TPSA) is 26.7 Å². The fraction of sp³-hybridized carbons (Fsp3) is 1.00. The van der Waals surface area contributed by atoms with Gasteiger partial charge in [-0.2, -0.15) is 13.2 Å². The van der Waals surface area contributed by atoms with Crippen molar-refractivity contribution >= 4 is 0 Å². The molecule has 0 saturated heterocycles. The zero-order valence-corrected chi connectivity index (χ0v) is 10.1. The predicted molar refractivity (Wildman–Crippen MR) is 57.3 cm³/mol. The highest BCUT2D eigenvalue weighted by Gasteiger charge is 2.38. The molecule has 0 aromatic rings. The first-order valence-electron chi connectivity index (χ1n) is 5.39. The van der Waals surface area contributed by atoms with Crippen molar-refractivity contribution in [3.8, 4) is 0 Å².